The number of allylic oxidation sites excluding steroid dienone is 4. The maximum atomic E-state index is 13.4. The van der Waals surface area contributed by atoms with Crippen molar-refractivity contribution in [2.45, 2.75) is 297 Å². The second-order valence-corrected chi connectivity index (χ2v) is 27.1. The number of carbonyl (C=O) groups is 6. The Balaban J connectivity index is 1.11. The third kappa shape index (κ3) is 34.7. The zero-order chi connectivity index (χ0) is 68.7. The van der Waals surface area contributed by atoms with Gasteiger partial charge in [-0.15, -0.1) is 0 Å². The van der Waals surface area contributed by atoms with Gasteiger partial charge in [0.25, 0.3) is 0 Å². The monoisotopic (exact) mass is 1360 g/mol. The van der Waals surface area contributed by atoms with Crippen LogP contribution in [0.5, 0.6) is 5.75 Å². The molecule has 530 valence electrons. The molecule has 19 heteroatoms. The van der Waals surface area contributed by atoms with Gasteiger partial charge in [-0.25, -0.2) is 19.3 Å². The molecule has 2 aromatic heterocycles. The van der Waals surface area contributed by atoms with Gasteiger partial charge >= 0.3 is 30.0 Å². The Morgan fingerprint density at radius 3 is 1.65 bits per heavy atom. The molecule has 0 radical (unpaired) electrons. The molecule has 1 fully saturated rings. The van der Waals surface area contributed by atoms with Gasteiger partial charge in [-0.3, -0.25) is 24.0 Å². The third-order valence-electron chi connectivity index (χ3n) is 17.9. The number of rotatable bonds is 52. The fourth-order valence-electron chi connectivity index (χ4n) is 12.1. The number of fused-ring (bicyclic) bond motifs is 1. The zero-order valence-electron chi connectivity index (χ0n) is 58.5. The van der Waals surface area contributed by atoms with Crippen molar-refractivity contribution in [1.82, 2.24) is 19.4 Å². The molecule has 3 aromatic rings. The molecule has 1 unspecified atom stereocenters. The fraction of sp³-hybridized carbons (Fsp3) is 0.697. The van der Waals surface area contributed by atoms with E-state index >= 15 is 0 Å². The standard InChI is InChI=1S/C76H116Cl2N6O11/c1-6-8-10-12-14-16-18-20-22-24-26-28-30-35-39-43-69(86)91-57-63(58-92-70(87)44-40-36-31-29-27-25-23-21-19-17-15-13-11-9-7-2)94-72(89)52-60(3)42-38-34-32-33-37-41-45-71(88)95-73-65(77)53-62(54-66(73)78)56-93-76(90)84-51-48-64-74(80-59-81-75(64)84)82(5)67-55-83(50-47-61(67)4)68(85)46-49-79/h20-23,48,51,53-54,59-61,63,67H,6-19,24-47,50,52,55-58H2,1-5H3/b22-20-,23-21-/t60?,61-,67-/m1/s1. The highest BCUT2D eigenvalue weighted by molar-refractivity contribution is 6.37. The number of hydrogen-bond donors (Lipinski definition) is 0. The van der Waals surface area contributed by atoms with Gasteiger partial charge < -0.3 is 33.5 Å². The first kappa shape index (κ1) is 81.4. The predicted octanol–water partition coefficient (Wildman–Crippen LogP) is 19.6. The number of hydrogen-bond acceptors (Lipinski definition) is 15. The first-order valence-corrected chi connectivity index (χ1v) is 37.3. The van der Waals surface area contributed by atoms with Crippen molar-refractivity contribution in [2.75, 3.05) is 38.3 Å². The number of amides is 1. The average Bonchev–Trinajstić information content (AvgIpc) is 1.71. The quantitative estimate of drug-likeness (QED) is 0.0169. The number of likely N-dealkylation sites (N-methyl/N-ethyl adjacent to an activating group) is 1. The Labute approximate surface area is 579 Å². The molecule has 1 saturated heterocycles. The van der Waals surface area contributed by atoms with Gasteiger partial charge in [-0.1, -0.05) is 216 Å². The third-order valence-corrected chi connectivity index (χ3v) is 18.5. The number of halogens is 2. The SMILES string of the molecule is CCCCCCCC/C=C\CCCCCCCC(=O)OCC(COC(=O)CCCCCCC/C=C\CCCCCCCC)OC(=O)CC(C)CCCCCCCCC(=O)Oc1c(Cl)cc(COC(=O)n2ccc3c(N(C)[C@@H]4CN(C(=O)CC#N)CC[C@H]4C)ncnc32)cc1Cl. The van der Waals surface area contributed by atoms with Crippen molar-refractivity contribution >= 4 is 75.9 Å². The summed E-state index contributed by atoms with van der Waals surface area (Å²) >= 11 is 13.1. The number of ether oxygens (including phenoxy) is 5. The minimum Gasteiger partial charge on any atom is -0.462 e. The molecule has 1 aliphatic heterocycles. The summed E-state index contributed by atoms with van der Waals surface area (Å²) in [5.41, 5.74) is 0.819. The van der Waals surface area contributed by atoms with Crippen LogP contribution in [0.4, 0.5) is 10.6 Å². The first-order valence-electron chi connectivity index (χ1n) is 36.5. The molecule has 0 N–H and O–H groups in total. The van der Waals surface area contributed by atoms with Gasteiger partial charge in [0.05, 0.1) is 27.5 Å². The van der Waals surface area contributed by atoms with E-state index in [1.165, 1.54) is 113 Å². The normalized spacial score (nSPS) is 14.4. The highest BCUT2D eigenvalue weighted by Gasteiger charge is 2.33. The van der Waals surface area contributed by atoms with Crippen molar-refractivity contribution in [3.05, 3.63) is 70.6 Å². The number of aromatic nitrogens is 3. The van der Waals surface area contributed by atoms with E-state index in [4.69, 9.17) is 52.1 Å². The molecule has 0 aliphatic carbocycles. The molecule has 3 heterocycles. The van der Waals surface area contributed by atoms with Crippen LogP contribution in [0.1, 0.15) is 284 Å². The Kier molecular flexibility index (Phi) is 43.2. The molecule has 1 aromatic carbocycles. The summed E-state index contributed by atoms with van der Waals surface area (Å²) in [6, 6.07) is 6.67. The maximum Gasteiger partial charge on any atom is 0.420 e. The van der Waals surface area contributed by atoms with Gasteiger partial charge in [-0.2, -0.15) is 5.26 Å². The molecular formula is C76H116Cl2N6O11. The van der Waals surface area contributed by atoms with Gasteiger partial charge in [0, 0.05) is 52.0 Å². The maximum absolute atomic E-state index is 13.4. The lowest BCUT2D eigenvalue weighted by Crippen LogP contribution is -2.52. The summed E-state index contributed by atoms with van der Waals surface area (Å²) in [6.07, 6.45) is 48.6. The van der Waals surface area contributed by atoms with Crippen molar-refractivity contribution in [2.24, 2.45) is 11.8 Å². The Hall–Kier alpha value is -5.99. The van der Waals surface area contributed by atoms with Gasteiger partial charge in [0.15, 0.2) is 17.5 Å². The summed E-state index contributed by atoms with van der Waals surface area (Å²) in [4.78, 5) is 90.4. The van der Waals surface area contributed by atoms with Crippen LogP contribution < -0.4 is 9.64 Å². The highest BCUT2D eigenvalue weighted by Crippen LogP contribution is 2.36. The first-order chi connectivity index (χ1) is 46.1. The largest absolute Gasteiger partial charge is 0.462 e. The number of nitrogens with zero attached hydrogens (tertiary/aromatic N) is 6. The lowest BCUT2D eigenvalue weighted by atomic mass is 9.92. The highest BCUT2D eigenvalue weighted by atomic mass is 35.5. The van der Waals surface area contributed by atoms with E-state index in [1.54, 1.807) is 17.2 Å². The number of piperidine rings is 1. The molecular weight excluding hydrogens is 1240 g/mol. The van der Waals surface area contributed by atoms with E-state index in [-0.39, 0.29) is 103 Å². The average molecular weight is 1360 g/mol. The molecule has 0 spiro atoms. The van der Waals surface area contributed by atoms with Crippen LogP contribution in [0.3, 0.4) is 0 Å². The number of unbranched alkanes of at least 4 members (excludes halogenated alkanes) is 27. The van der Waals surface area contributed by atoms with E-state index in [0.717, 1.165) is 122 Å². The molecule has 3 atom stereocenters. The van der Waals surface area contributed by atoms with E-state index < -0.39 is 24.1 Å². The van der Waals surface area contributed by atoms with Crippen LogP contribution in [0.2, 0.25) is 10.0 Å². The van der Waals surface area contributed by atoms with Crippen LogP contribution in [0.25, 0.3) is 11.0 Å². The molecule has 0 saturated carbocycles. The van der Waals surface area contributed by atoms with E-state index in [2.05, 4.69) is 55.0 Å². The molecule has 1 amide bonds. The molecule has 17 nitrogen and oxygen atoms in total. The van der Waals surface area contributed by atoms with Crippen molar-refractivity contribution < 1.29 is 52.5 Å². The Morgan fingerprint density at radius 2 is 1.14 bits per heavy atom. The molecule has 0 bridgehead atoms. The van der Waals surface area contributed by atoms with Crippen molar-refractivity contribution in [3.8, 4) is 11.8 Å². The summed E-state index contributed by atoms with van der Waals surface area (Å²) in [6.45, 7) is 9.16. The number of anilines is 1. The minimum absolute atomic E-state index is 0.0296. The lowest BCUT2D eigenvalue weighted by molar-refractivity contribution is -0.167. The Bertz CT molecular complexity index is 2720. The topological polar surface area (TPSA) is 210 Å². The molecule has 95 heavy (non-hydrogen) atoms. The summed E-state index contributed by atoms with van der Waals surface area (Å²) in [5, 5.41) is 9.88. The number of esters is 4. The summed E-state index contributed by atoms with van der Waals surface area (Å²) in [5.74, 6) is -0.863. The van der Waals surface area contributed by atoms with Crippen LogP contribution in [-0.2, 0) is 49.5 Å². The second-order valence-electron chi connectivity index (χ2n) is 26.3. The summed E-state index contributed by atoms with van der Waals surface area (Å²) in [7, 11) is 1.90. The smallest absolute Gasteiger partial charge is 0.420 e. The van der Waals surface area contributed by atoms with E-state index in [1.807, 2.05) is 24.9 Å². The predicted molar refractivity (Wildman–Crippen MR) is 379 cm³/mol. The number of benzene rings is 1. The second kappa shape index (κ2) is 50.4. The number of likely N-dealkylation sites (tertiary alicyclic amines) is 1. The summed E-state index contributed by atoms with van der Waals surface area (Å²) < 4.78 is 29.5. The minimum atomic E-state index is -0.885. The van der Waals surface area contributed by atoms with Crippen molar-refractivity contribution in [1.29, 1.82) is 5.26 Å². The van der Waals surface area contributed by atoms with E-state index in [0.29, 0.717) is 41.9 Å². The zero-order valence-corrected chi connectivity index (χ0v) is 60.1. The molecule has 1 aliphatic rings. The van der Waals surface area contributed by atoms with Crippen LogP contribution in [0.15, 0.2) is 55.0 Å². The number of nitriles is 1. The Morgan fingerprint density at radius 1 is 0.653 bits per heavy atom. The number of carbonyl (C=O) groups excluding carboxylic acids is 6. The van der Waals surface area contributed by atoms with Gasteiger partial charge in [0.2, 0.25) is 5.91 Å². The molecule has 4 rings (SSSR count). The van der Waals surface area contributed by atoms with Crippen LogP contribution >= 0.6 is 23.2 Å². The van der Waals surface area contributed by atoms with Gasteiger partial charge in [0.1, 0.15) is 38.4 Å². The van der Waals surface area contributed by atoms with Gasteiger partial charge in [-0.05, 0) is 113 Å². The van der Waals surface area contributed by atoms with E-state index in [9.17, 15) is 28.8 Å². The lowest BCUT2D eigenvalue weighted by Gasteiger charge is -2.42. The fourth-order valence-corrected chi connectivity index (χ4v) is 12.7. The van der Waals surface area contributed by atoms with Crippen molar-refractivity contribution in [3.63, 3.8) is 0 Å². The van der Waals surface area contributed by atoms with Crippen LogP contribution in [-0.4, -0.2) is 101 Å². The van der Waals surface area contributed by atoms with Crippen LogP contribution in [0, 0.1) is 23.2 Å².